The Morgan fingerprint density at radius 1 is 1.62 bits per heavy atom. The fourth-order valence-corrected chi connectivity index (χ4v) is 1.31. The monoisotopic (exact) mass is 224 g/mol. The molecule has 0 spiro atoms. The summed E-state index contributed by atoms with van der Waals surface area (Å²) in [6.45, 7) is 5.75. The number of carbonyl (C=O) groups excluding carboxylic acids is 1. The molecule has 0 radical (unpaired) electrons. The summed E-state index contributed by atoms with van der Waals surface area (Å²) in [4.78, 5) is 15.7. The van der Waals surface area contributed by atoms with E-state index in [1.54, 1.807) is 10.9 Å². The van der Waals surface area contributed by atoms with Crippen molar-refractivity contribution in [1.82, 2.24) is 14.9 Å². The first-order valence-electron chi connectivity index (χ1n) is 5.59. The molecular weight excluding hydrogens is 204 g/mol. The molecule has 1 aromatic rings. The summed E-state index contributed by atoms with van der Waals surface area (Å²) in [7, 11) is 0. The first-order valence-corrected chi connectivity index (χ1v) is 5.59. The smallest absolute Gasteiger partial charge is 0.239 e. The molecule has 1 heterocycles. The number of nitrogens with two attached hydrogens (primary N) is 1. The minimum absolute atomic E-state index is 0.0189. The highest BCUT2D eigenvalue weighted by molar-refractivity contribution is 5.75. The molecule has 0 fully saturated rings. The summed E-state index contributed by atoms with van der Waals surface area (Å²) < 4.78 is 1.78. The summed E-state index contributed by atoms with van der Waals surface area (Å²) in [6, 6.07) is 0. The van der Waals surface area contributed by atoms with Crippen LogP contribution in [0.1, 0.15) is 19.5 Å². The predicted molar refractivity (Wildman–Crippen MR) is 62.8 cm³/mol. The summed E-state index contributed by atoms with van der Waals surface area (Å²) in [6.07, 6.45) is 4.28. The van der Waals surface area contributed by atoms with E-state index in [1.807, 2.05) is 6.20 Å². The van der Waals surface area contributed by atoms with Crippen LogP contribution in [-0.2, 0) is 17.8 Å². The van der Waals surface area contributed by atoms with Crippen LogP contribution < -0.4 is 11.1 Å². The molecule has 0 aliphatic carbocycles. The van der Waals surface area contributed by atoms with Gasteiger partial charge in [0, 0.05) is 19.2 Å². The van der Waals surface area contributed by atoms with Gasteiger partial charge < -0.3 is 15.6 Å². The maximum Gasteiger partial charge on any atom is 0.239 e. The lowest BCUT2D eigenvalue weighted by Gasteiger charge is -2.07. The molecule has 0 aliphatic heterocycles. The quantitative estimate of drug-likeness (QED) is 0.722. The predicted octanol–water partition coefficient (Wildman–Crippen LogP) is 0.157. The number of nitrogens with one attached hydrogen (secondary N) is 1. The van der Waals surface area contributed by atoms with Crippen LogP contribution in [-0.4, -0.2) is 28.5 Å². The topological polar surface area (TPSA) is 72.9 Å². The van der Waals surface area contributed by atoms with E-state index in [1.165, 1.54) is 0 Å². The Bertz CT molecular complexity index is 332. The minimum Gasteiger partial charge on any atom is -0.354 e. The van der Waals surface area contributed by atoms with Crippen LogP contribution in [0.3, 0.4) is 0 Å². The van der Waals surface area contributed by atoms with Crippen LogP contribution in [0.25, 0.3) is 0 Å². The Morgan fingerprint density at radius 2 is 2.38 bits per heavy atom. The molecule has 3 N–H and O–H groups in total. The van der Waals surface area contributed by atoms with Crippen LogP contribution in [0.5, 0.6) is 0 Å². The number of aromatic nitrogens is 2. The molecule has 90 valence electrons. The molecule has 5 nitrogen and oxygen atoms in total. The standard InChI is InChI=1S/C11H20N4O/c1-9(2)5-13-11(16)7-15-6-10(3-4-12)14-8-15/h6,8-9H,3-5,7,12H2,1-2H3,(H,13,16). The molecule has 0 saturated carbocycles. The van der Waals surface area contributed by atoms with E-state index in [0.29, 0.717) is 25.6 Å². The maximum atomic E-state index is 11.5. The van der Waals surface area contributed by atoms with Gasteiger partial charge >= 0.3 is 0 Å². The number of hydrogen-bond acceptors (Lipinski definition) is 3. The lowest BCUT2D eigenvalue weighted by Crippen LogP contribution is -2.30. The van der Waals surface area contributed by atoms with Crippen molar-refractivity contribution in [2.45, 2.75) is 26.8 Å². The molecule has 0 unspecified atom stereocenters. The van der Waals surface area contributed by atoms with Gasteiger partial charge in [-0.05, 0) is 12.5 Å². The van der Waals surface area contributed by atoms with Crippen molar-refractivity contribution < 1.29 is 4.79 Å². The Hall–Kier alpha value is -1.36. The lowest BCUT2D eigenvalue weighted by atomic mass is 10.2. The third kappa shape index (κ3) is 4.44. The molecule has 0 saturated heterocycles. The molecule has 1 rings (SSSR count). The van der Waals surface area contributed by atoms with Gasteiger partial charge in [-0.3, -0.25) is 4.79 Å². The van der Waals surface area contributed by atoms with Gasteiger partial charge in [0.25, 0.3) is 0 Å². The van der Waals surface area contributed by atoms with Crippen molar-refractivity contribution in [1.29, 1.82) is 0 Å². The van der Waals surface area contributed by atoms with E-state index in [4.69, 9.17) is 5.73 Å². The van der Waals surface area contributed by atoms with Gasteiger partial charge in [-0.2, -0.15) is 0 Å². The van der Waals surface area contributed by atoms with Gasteiger partial charge in [-0.1, -0.05) is 13.8 Å². The molecule has 0 aliphatic rings. The van der Waals surface area contributed by atoms with Crippen molar-refractivity contribution in [3.63, 3.8) is 0 Å². The summed E-state index contributed by atoms with van der Waals surface area (Å²) in [5.41, 5.74) is 6.35. The van der Waals surface area contributed by atoms with Crippen molar-refractivity contribution in [3.05, 3.63) is 18.2 Å². The Kier molecular flexibility index (Phi) is 4.98. The van der Waals surface area contributed by atoms with Crippen molar-refractivity contribution in [2.75, 3.05) is 13.1 Å². The lowest BCUT2D eigenvalue weighted by molar-refractivity contribution is -0.121. The van der Waals surface area contributed by atoms with Crippen LogP contribution in [0, 0.1) is 5.92 Å². The van der Waals surface area contributed by atoms with E-state index in [9.17, 15) is 4.79 Å². The van der Waals surface area contributed by atoms with E-state index in [-0.39, 0.29) is 5.91 Å². The van der Waals surface area contributed by atoms with Gasteiger partial charge in [-0.25, -0.2) is 4.98 Å². The zero-order chi connectivity index (χ0) is 12.0. The molecule has 5 heteroatoms. The summed E-state index contributed by atoms with van der Waals surface area (Å²) in [5.74, 6) is 0.491. The zero-order valence-electron chi connectivity index (χ0n) is 9.94. The molecular formula is C11H20N4O. The van der Waals surface area contributed by atoms with E-state index < -0.39 is 0 Å². The fraction of sp³-hybridized carbons (Fsp3) is 0.636. The van der Waals surface area contributed by atoms with Gasteiger partial charge in [0.2, 0.25) is 5.91 Å². The van der Waals surface area contributed by atoms with Crippen molar-refractivity contribution in [2.24, 2.45) is 11.7 Å². The summed E-state index contributed by atoms with van der Waals surface area (Å²) in [5, 5.41) is 2.86. The molecule has 1 aromatic heterocycles. The number of imidazole rings is 1. The van der Waals surface area contributed by atoms with Crippen LogP contribution in [0.4, 0.5) is 0 Å². The number of hydrogen-bond donors (Lipinski definition) is 2. The van der Waals surface area contributed by atoms with E-state index in [2.05, 4.69) is 24.1 Å². The third-order valence-electron chi connectivity index (χ3n) is 2.12. The highest BCUT2D eigenvalue weighted by atomic mass is 16.1. The number of rotatable bonds is 6. The van der Waals surface area contributed by atoms with Gasteiger partial charge in [0.15, 0.2) is 0 Å². The van der Waals surface area contributed by atoms with Gasteiger partial charge in [-0.15, -0.1) is 0 Å². The van der Waals surface area contributed by atoms with Gasteiger partial charge in [0.05, 0.1) is 12.0 Å². The summed E-state index contributed by atoms with van der Waals surface area (Å²) >= 11 is 0. The van der Waals surface area contributed by atoms with Crippen LogP contribution in [0.15, 0.2) is 12.5 Å². The average Bonchev–Trinajstić information content (AvgIpc) is 2.63. The Morgan fingerprint density at radius 3 is 3.00 bits per heavy atom. The van der Waals surface area contributed by atoms with Crippen molar-refractivity contribution in [3.8, 4) is 0 Å². The molecule has 0 atom stereocenters. The second-order valence-corrected chi connectivity index (χ2v) is 4.27. The maximum absolute atomic E-state index is 11.5. The number of carbonyl (C=O) groups is 1. The molecule has 0 aromatic carbocycles. The first-order chi connectivity index (χ1) is 7.61. The molecule has 1 amide bonds. The van der Waals surface area contributed by atoms with Gasteiger partial charge in [0.1, 0.15) is 6.54 Å². The SMILES string of the molecule is CC(C)CNC(=O)Cn1cnc(CCN)c1. The minimum atomic E-state index is 0.0189. The largest absolute Gasteiger partial charge is 0.354 e. The van der Waals surface area contributed by atoms with E-state index in [0.717, 1.165) is 12.1 Å². The average molecular weight is 224 g/mol. The Balaban J connectivity index is 2.37. The van der Waals surface area contributed by atoms with Crippen molar-refractivity contribution >= 4 is 5.91 Å². The van der Waals surface area contributed by atoms with E-state index >= 15 is 0 Å². The molecule has 0 bridgehead atoms. The fourth-order valence-electron chi connectivity index (χ4n) is 1.31. The second-order valence-electron chi connectivity index (χ2n) is 4.27. The first kappa shape index (κ1) is 12.7. The number of amides is 1. The number of nitrogens with zero attached hydrogens (tertiary/aromatic N) is 2. The highest BCUT2D eigenvalue weighted by Gasteiger charge is 2.04. The zero-order valence-corrected chi connectivity index (χ0v) is 9.94. The Labute approximate surface area is 96.0 Å². The second kappa shape index (κ2) is 6.27. The highest BCUT2D eigenvalue weighted by Crippen LogP contribution is 1.96. The molecule has 16 heavy (non-hydrogen) atoms. The van der Waals surface area contributed by atoms with Crippen LogP contribution in [0.2, 0.25) is 0 Å². The normalized spacial score (nSPS) is 10.8. The third-order valence-corrected chi connectivity index (χ3v) is 2.12. The van der Waals surface area contributed by atoms with Crippen LogP contribution >= 0.6 is 0 Å².